The Morgan fingerprint density at radius 2 is 2.12 bits per heavy atom. The van der Waals surface area contributed by atoms with Crippen molar-refractivity contribution in [1.29, 1.82) is 0 Å². The molecule has 3 N–H and O–H groups in total. The number of nitrogens with two attached hydrogens (primary N) is 1. The molecule has 17 heavy (non-hydrogen) atoms. The summed E-state index contributed by atoms with van der Waals surface area (Å²) in [6.07, 6.45) is 0. The number of hydrogen-bond donors (Lipinski definition) is 2. The Labute approximate surface area is 102 Å². The molecular formula is C10H10N4O2S. The lowest BCUT2D eigenvalue weighted by Crippen LogP contribution is -2.13. The number of carbonyl (C=O) groups is 1. The zero-order valence-electron chi connectivity index (χ0n) is 9.01. The van der Waals surface area contributed by atoms with Gasteiger partial charge in [0.25, 0.3) is 5.91 Å². The third kappa shape index (κ3) is 2.51. The first-order valence-corrected chi connectivity index (χ1v) is 5.51. The van der Waals surface area contributed by atoms with Crippen LogP contribution in [0.5, 0.6) is 5.75 Å². The van der Waals surface area contributed by atoms with Gasteiger partial charge in [-0.3, -0.25) is 4.79 Å². The van der Waals surface area contributed by atoms with E-state index >= 15 is 0 Å². The summed E-state index contributed by atoms with van der Waals surface area (Å²) in [6, 6.07) is 6.95. The molecule has 0 aliphatic carbocycles. The number of amides is 1. The van der Waals surface area contributed by atoms with Crippen LogP contribution in [-0.2, 0) is 0 Å². The highest BCUT2D eigenvalue weighted by Crippen LogP contribution is 2.17. The van der Waals surface area contributed by atoms with Crippen LogP contribution in [0.2, 0.25) is 0 Å². The zero-order valence-corrected chi connectivity index (χ0v) is 9.82. The molecule has 0 spiro atoms. The van der Waals surface area contributed by atoms with Crippen LogP contribution >= 0.6 is 11.5 Å². The lowest BCUT2D eigenvalue weighted by Gasteiger charge is -2.04. The maximum absolute atomic E-state index is 11.7. The second-order valence-corrected chi connectivity index (χ2v) is 3.95. The van der Waals surface area contributed by atoms with E-state index in [2.05, 4.69) is 14.9 Å². The number of nitrogen functional groups attached to an aromatic ring is 1. The zero-order chi connectivity index (χ0) is 12.3. The second kappa shape index (κ2) is 4.79. The third-order valence-electron chi connectivity index (χ3n) is 2.08. The molecule has 0 aliphatic heterocycles. The summed E-state index contributed by atoms with van der Waals surface area (Å²) in [7, 11) is 1.58. The number of nitrogens with one attached hydrogen (secondary N) is 1. The second-order valence-electron chi connectivity index (χ2n) is 3.17. The molecule has 0 saturated carbocycles. The number of ether oxygens (including phenoxy) is 1. The Balaban J connectivity index is 2.10. The molecule has 0 radical (unpaired) electrons. The van der Waals surface area contributed by atoms with Crippen LogP contribution in [0, 0.1) is 0 Å². The summed E-state index contributed by atoms with van der Waals surface area (Å²) in [4.78, 5) is 11.7. The minimum Gasteiger partial charge on any atom is -0.497 e. The number of anilines is 2. The molecule has 0 unspecified atom stereocenters. The molecule has 7 heteroatoms. The minimum atomic E-state index is -0.374. The average molecular weight is 250 g/mol. The minimum absolute atomic E-state index is 0.144. The van der Waals surface area contributed by atoms with E-state index in [9.17, 15) is 4.79 Å². The number of aromatic nitrogens is 2. The summed E-state index contributed by atoms with van der Waals surface area (Å²) >= 11 is 0.985. The quantitative estimate of drug-likeness (QED) is 0.858. The van der Waals surface area contributed by atoms with Gasteiger partial charge in [0.15, 0.2) is 5.69 Å². The van der Waals surface area contributed by atoms with Crippen LogP contribution in [0.25, 0.3) is 0 Å². The largest absolute Gasteiger partial charge is 0.497 e. The fourth-order valence-electron chi connectivity index (χ4n) is 1.22. The first-order valence-electron chi connectivity index (χ1n) is 4.74. The molecule has 2 rings (SSSR count). The van der Waals surface area contributed by atoms with Gasteiger partial charge < -0.3 is 15.8 Å². The van der Waals surface area contributed by atoms with Gasteiger partial charge in [-0.1, -0.05) is 4.49 Å². The lowest BCUT2D eigenvalue weighted by molar-refractivity contribution is 0.102. The molecule has 2 aromatic rings. The molecule has 0 aliphatic rings. The van der Waals surface area contributed by atoms with E-state index in [4.69, 9.17) is 10.5 Å². The number of carbonyl (C=O) groups excluding carboxylic acids is 1. The normalized spacial score (nSPS) is 9.94. The average Bonchev–Trinajstić information content (AvgIpc) is 2.76. The van der Waals surface area contributed by atoms with Gasteiger partial charge in [0.2, 0.25) is 0 Å². The maximum Gasteiger partial charge on any atom is 0.279 e. The number of rotatable bonds is 3. The Kier molecular flexibility index (Phi) is 3.20. The Hall–Kier alpha value is -2.15. The van der Waals surface area contributed by atoms with Gasteiger partial charge in [-0.2, -0.15) is 0 Å². The summed E-state index contributed by atoms with van der Waals surface area (Å²) in [6.45, 7) is 0. The van der Waals surface area contributed by atoms with Gasteiger partial charge in [-0.15, -0.1) is 5.10 Å². The third-order valence-corrected chi connectivity index (χ3v) is 2.63. The van der Waals surface area contributed by atoms with Gasteiger partial charge in [0, 0.05) is 17.2 Å². The molecule has 0 fully saturated rings. The van der Waals surface area contributed by atoms with Crippen molar-refractivity contribution in [3.05, 3.63) is 30.0 Å². The maximum atomic E-state index is 11.7. The summed E-state index contributed by atoms with van der Waals surface area (Å²) < 4.78 is 8.61. The highest BCUT2D eigenvalue weighted by Gasteiger charge is 2.14. The van der Waals surface area contributed by atoms with Gasteiger partial charge in [0.05, 0.1) is 7.11 Å². The van der Waals surface area contributed by atoms with E-state index in [0.29, 0.717) is 10.7 Å². The first-order chi connectivity index (χ1) is 8.20. The fourth-order valence-corrected chi connectivity index (χ4v) is 1.65. The summed E-state index contributed by atoms with van der Waals surface area (Å²) in [5, 5.41) is 6.62. The molecule has 1 amide bonds. The number of benzene rings is 1. The van der Waals surface area contributed by atoms with Crippen molar-refractivity contribution in [2.24, 2.45) is 0 Å². The van der Waals surface area contributed by atoms with Crippen LogP contribution in [0.4, 0.5) is 10.7 Å². The van der Waals surface area contributed by atoms with E-state index in [0.717, 1.165) is 17.3 Å². The van der Waals surface area contributed by atoms with Crippen molar-refractivity contribution in [3.8, 4) is 5.75 Å². The molecule has 1 aromatic carbocycles. The highest BCUT2D eigenvalue weighted by molar-refractivity contribution is 7.10. The number of nitrogens with zero attached hydrogens (tertiary/aromatic N) is 2. The van der Waals surface area contributed by atoms with Crippen LogP contribution in [0.3, 0.4) is 0 Å². The van der Waals surface area contributed by atoms with E-state index in [1.54, 1.807) is 31.4 Å². The van der Waals surface area contributed by atoms with Crippen molar-refractivity contribution < 1.29 is 9.53 Å². The molecular weight excluding hydrogens is 240 g/mol. The molecule has 0 saturated heterocycles. The van der Waals surface area contributed by atoms with Gasteiger partial charge in [-0.25, -0.2) is 0 Å². The van der Waals surface area contributed by atoms with E-state index in [1.807, 2.05) is 0 Å². The smallest absolute Gasteiger partial charge is 0.279 e. The Morgan fingerprint density at radius 1 is 1.41 bits per heavy atom. The van der Waals surface area contributed by atoms with E-state index < -0.39 is 0 Å². The van der Waals surface area contributed by atoms with Crippen molar-refractivity contribution in [2.75, 3.05) is 18.2 Å². The summed E-state index contributed by atoms with van der Waals surface area (Å²) in [5.74, 6) is 0.347. The lowest BCUT2D eigenvalue weighted by atomic mass is 10.3. The van der Waals surface area contributed by atoms with Gasteiger partial charge in [0.1, 0.15) is 10.8 Å². The molecule has 0 bridgehead atoms. The van der Waals surface area contributed by atoms with Crippen molar-refractivity contribution in [3.63, 3.8) is 0 Å². The van der Waals surface area contributed by atoms with Crippen molar-refractivity contribution >= 4 is 28.1 Å². The van der Waals surface area contributed by atoms with Crippen LogP contribution < -0.4 is 15.8 Å². The standard InChI is InChI=1S/C10H10N4O2S/c1-16-7-4-2-6(3-5-7)12-10(15)8-9(11)17-14-13-8/h2-5H,11H2,1H3,(H,12,15). The molecule has 88 valence electrons. The number of methoxy groups -OCH3 is 1. The Bertz CT molecular complexity index is 523. The van der Waals surface area contributed by atoms with Gasteiger partial charge >= 0.3 is 0 Å². The summed E-state index contributed by atoms with van der Waals surface area (Å²) in [5.41, 5.74) is 6.34. The first kappa shape index (κ1) is 11.3. The van der Waals surface area contributed by atoms with E-state index in [-0.39, 0.29) is 11.6 Å². The molecule has 6 nitrogen and oxygen atoms in total. The molecule has 1 heterocycles. The highest BCUT2D eigenvalue weighted by atomic mass is 32.1. The van der Waals surface area contributed by atoms with Crippen molar-refractivity contribution in [1.82, 2.24) is 9.59 Å². The fraction of sp³-hybridized carbons (Fsp3) is 0.100. The topological polar surface area (TPSA) is 90.1 Å². The number of hydrogen-bond acceptors (Lipinski definition) is 6. The van der Waals surface area contributed by atoms with Crippen LogP contribution in [-0.4, -0.2) is 22.6 Å². The monoisotopic (exact) mass is 250 g/mol. The van der Waals surface area contributed by atoms with Crippen LogP contribution in [0.15, 0.2) is 24.3 Å². The predicted molar refractivity (Wildman–Crippen MR) is 65.3 cm³/mol. The SMILES string of the molecule is COc1ccc(NC(=O)c2nnsc2N)cc1. The van der Waals surface area contributed by atoms with Crippen molar-refractivity contribution in [2.45, 2.75) is 0 Å². The molecule has 0 atom stereocenters. The molecule has 1 aromatic heterocycles. The van der Waals surface area contributed by atoms with E-state index in [1.165, 1.54) is 0 Å². The predicted octanol–water partition coefficient (Wildman–Crippen LogP) is 1.38. The van der Waals surface area contributed by atoms with Crippen LogP contribution in [0.1, 0.15) is 10.5 Å². The Morgan fingerprint density at radius 3 is 2.65 bits per heavy atom. The van der Waals surface area contributed by atoms with Gasteiger partial charge in [-0.05, 0) is 24.3 Å².